The lowest BCUT2D eigenvalue weighted by Crippen LogP contribution is -2.37. The minimum absolute atomic E-state index is 0.281. The summed E-state index contributed by atoms with van der Waals surface area (Å²) in [7, 11) is 0. The number of likely N-dealkylation sites (tertiary alicyclic amines) is 1. The lowest BCUT2D eigenvalue weighted by Gasteiger charge is -2.27. The first-order valence-corrected chi connectivity index (χ1v) is 8.76. The van der Waals surface area contributed by atoms with E-state index in [9.17, 15) is 5.11 Å². The van der Waals surface area contributed by atoms with Gasteiger partial charge in [-0.25, -0.2) is 0 Å². The summed E-state index contributed by atoms with van der Waals surface area (Å²) < 4.78 is 2.19. The van der Waals surface area contributed by atoms with Crippen molar-refractivity contribution in [2.45, 2.75) is 76.4 Å². The molecule has 2 fully saturated rings. The number of hydrogen-bond donors (Lipinski definition) is 1. The Kier molecular flexibility index (Phi) is 5.31. The second-order valence-electron chi connectivity index (χ2n) is 6.74. The standard InChI is InChI=1S/C17H29N3O/c21-14-17-9-5-2-6-11-19(17)13-15-10-12-20(18-15)16-7-3-1-4-8-16/h10,12,16-17,21H,1-9,11,13-14H2. The van der Waals surface area contributed by atoms with E-state index in [0.29, 0.717) is 12.1 Å². The number of aliphatic hydroxyl groups is 1. The van der Waals surface area contributed by atoms with Gasteiger partial charge in [0.2, 0.25) is 0 Å². The number of hydrogen-bond acceptors (Lipinski definition) is 3. The van der Waals surface area contributed by atoms with Crippen LogP contribution in [0.4, 0.5) is 0 Å². The molecule has 1 N–H and O–H groups in total. The number of rotatable bonds is 4. The molecule has 4 heteroatoms. The molecule has 1 aromatic heterocycles. The van der Waals surface area contributed by atoms with Gasteiger partial charge < -0.3 is 5.11 Å². The van der Waals surface area contributed by atoms with Crippen molar-refractivity contribution in [3.05, 3.63) is 18.0 Å². The molecule has 118 valence electrons. The van der Waals surface area contributed by atoms with Gasteiger partial charge in [-0.05, 0) is 38.3 Å². The molecule has 0 bridgehead atoms. The molecule has 0 aromatic carbocycles. The molecule has 1 saturated heterocycles. The fourth-order valence-corrected chi connectivity index (χ4v) is 3.87. The zero-order chi connectivity index (χ0) is 14.5. The first-order chi connectivity index (χ1) is 10.4. The summed E-state index contributed by atoms with van der Waals surface area (Å²) in [6, 6.07) is 3.12. The summed E-state index contributed by atoms with van der Waals surface area (Å²) in [6.45, 7) is 2.27. The van der Waals surface area contributed by atoms with Gasteiger partial charge in [0.25, 0.3) is 0 Å². The van der Waals surface area contributed by atoms with Crippen LogP contribution in [0.5, 0.6) is 0 Å². The Labute approximate surface area is 128 Å². The van der Waals surface area contributed by atoms with Crippen LogP contribution in [0.2, 0.25) is 0 Å². The second kappa shape index (κ2) is 7.41. The van der Waals surface area contributed by atoms with Crippen molar-refractivity contribution in [2.24, 2.45) is 0 Å². The number of nitrogens with zero attached hydrogens (tertiary/aromatic N) is 3. The Morgan fingerprint density at radius 2 is 1.81 bits per heavy atom. The predicted octanol–water partition coefficient (Wildman–Crippen LogP) is 3.13. The van der Waals surface area contributed by atoms with Crippen LogP contribution in [0.1, 0.15) is 69.5 Å². The third-order valence-electron chi connectivity index (χ3n) is 5.19. The molecule has 1 aliphatic heterocycles. The molecule has 0 amide bonds. The number of aliphatic hydroxyl groups excluding tert-OH is 1. The summed E-state index contributed by atoms with van der Waals surface area (Å²) in [5.74, 6) is 0. The van der Waals surface area contributed by atoms with E-state index < -0.39 is 0 Å². The minimum Gasteiger partial charge on any atom is -0.395 e. The maximum Gasteiger partial charge on any atom is 0.0765 e. The molecule has 1 unspecified atom stereocenters. The highest BCUT2D eigenvalue weighted by atomic mass is 16.3. The normalized spacial score (nSPS) is 25.9. The van der Waals surface area contributed by atoms with Crippen molar-refractivity contribution >= 4 is 0 Å². The average Bonchev–Trinajstić information content (AvgIpc) is 2.88. The molecule has 3 rings (SSSR count). The molecule has 2 aliphatic rings. The van der Waals surface area contributed by atoms with Crippen molar-refractivity contribution in [3.63, 3.8) is 0 Å². The van der Waals surface area contributed by atoms with Gasteiger partial charge >= 0.3 is 0 Å². The summed E-state index contributed by atoms with van der Waals surface area (Å²) in [5, 5.41) is 14.4. The van der Waals surface area contributed by atoms with Crippen LogP contribution < -0.4 is 0 Å². The lowest BCUT2D eigenvalue weighted by atomic mass is 9.96. The fourth-order valence-electron chi connectivity index (χ4n) is 3.87. The highest BCUT2D eigenvalue weighted by Gasteiger charge is 2.22. The molecule has 1 aromatic rings. The first kappa shape index (κ1) is 15.0. The van der Waals surface area contributed by atoms with Crippen molar-refractivity contribution < 1.29 is 5.11 Å². The van der Waals surface area contributed by atoms with E-state index in [1.165, 1.54) is 57.1 Å². The van der Waals surface area contributed by atoms with Crippen LogP contribution in [0.25, 0.3) is 0 Å². The summed E-state index contributed by atoms with van der Waals surface area (Å²) in [4.78, 5) is 2.43. The van der Waals surface area contributed by atoms with Gasteiger partial charge in [-0.3, -0.25) is 9.58 Å². The lowest BCUT2D eigenvalue weighted by molar-refractivity contribution is 0.117. The van der Waals surface area contributed by atoms with Crippen LogP contribution in [-0.2, 0) is 6.54 Å². The van der Waals surface area contributed by atoms with Crippen LogP contribution in [-0.4, -0.2) is 39.0 Å². The molecule has 0 radical (unpaired) electrons. The molecule has 0 spiro atoms. The van der Waals surface area contributed by atoms with Gasteiger partial charge in [0, 0.05) is 18.8 Å². The smallest absolute Gasteiger partial charge is 0.0765 e. The summed E-state index contributed by atoms with van der Waals surface area (Å²) in [6.07, 6.45) is 13.7. The minimum atomic E-state index is 0.281. The van der Waals surface area contributed by atoms with Gasteiger partial charge in [-0.1, -0.05) is 32.1 Å². The van der Waals surface area contributed by atoms with Crippen LogP contribution >= 0.6 is 0 Å². The van der Waals surface area contributed by atoms with Gasteiger partial charge in [0.15, 0.2) is 0 Å². The molecular formula is C17H29N3O. The van der Waals surface area contributed by atoms with E-state index >= 15 is 0 Å². The Bertz CT molecular complexity index is 425. The van der Waals surface area contributed by atoms with E-state index in [4.69, 9.17) is 5.10 Å². The zero-order valence-corrected chi connectivity index (χ0v) is 13.1. The average molecular weight is 291 g/mol. The molecule has 2 heterocycles. The highest BCUT2D eigenvalue weighted by molar-refractivity contribution is 5.01. The molecule has 1 aliphatic carbocycles. The Morgan fingerprint density at radius 3 is 2.62 bits per heavy atom. The SMILES string of the molecule is OCC1CCCCCN1Cc1ccn(C2CCCCC2)n1. The van der Waals surface area contributed by atoms with Crippen molar-refractivity contribution in [1.29, 1.82) is 0 Å². The largest absolute Gasteiger partial charge is 0.395 e. The molecule has 21 heavy (non-hydrogen) atoms. The molecule has 1 saturated carbocycles. The van der Waals surface area contributed by atoms with Crippen LogP contribution in [0, 0.1) is 0 Å². The van der Waals surface area contributed by atoms with Gasteiger partial charge in [0.05, 0.1) is 18.3 Å². The van der Waals surface area contributed by atoms with E-state index in [0.717, 1.165) is 19.5 Å². The highest BCUT2D eigenvalue weighted by Crippen LogP contribution is 2.27. The molecule has 4 nitrogen and oxygen atoms in total. The Balaban J connectivity index is 1.62. The summed E-state index contributed by atoms with van der Waals surface area (Å²) >= 11 is 0. The van der Waals surface area contributed by atoms with E-state index in [-0.39, 0.29) is 6.61 Å². The van der Waals surface area contributed by atoms with E-state index in [2.05, 4.69) is 21.8 Å². The topological polar surface area (TPSA) is 41.3 Å². The van der Waals surface area contributed by atoms with Crippen molar-refractivity contribution in [1.82, 2.24) is 14.7 Å². The Hall–Kier alpha value is -0.870. The van der Waals surface area contributed by atoms with Crippen LogP contribution in [0.15, 0.2) is 12.3 Å². The van der Waals surface area contributed by atoms with Gasteiger partial charge in [-0.15, -0.1) is 0 Å². The monoisotopic (exact) mass is 291 g/mol. The van der Waals surface area contributed by atoms with Gasteiger partial charge in [-0.2, -0.15) is 5.10 Å². The third kappa shape index (κ3) is 3.86. The third-order valence-corrected chi connectivity index (χ3v) is 5.19. The predicted molar refractivity (Wildman–Crippen MR) is 84.1 cm³/mol. The maximum atomic E-state index is 9.61. The van der Waals surface area contributed by atoms with E-state index in [1.807, 2.05) is 0 Å². The van der Waals surface area contributed by atoms with Gasteiger partial charge in [0.1, 0.15) is 0 Å². The number of aromatic nitrogens is 2. The second-order valence-corrected chi connectivity index (χ2v) is 6.74. The summed E-state index contributed by atoms with van der Waals surface area (Å²) in [5.41, 5.74) is 1.17. The first-order valence-electron chi connectivity index (χ1n) is 8.76. The fraction of sp³-hybridized carbons (Fsp3) is 0.824. The van der Waals surface area contributed by atoms with Crippen molar-refractivity contribution in [2.75, 3.05) is 13.2 Å². The quantitative estimate of drug-likeness (QED) is 0.926. The van der Waals surface area contributed by atoms with Crippen LogP contribution in [0.3, 0.4) is 0 Å². The maximum absolute atomic E-state index is 9.61. The zero-order valence-electron chi connectivity index (χ0n) is 13.1. The molecule has 1 atom stereocenters. The Morgan fingerprint density at radius 1 is 1.05 bits per heavy atom. The molecular weight excluding hydrogens is 262 g/mol. The van der Waals surface area contributed by atoms with Crippen molar-refractivity contribution in [3.8, 4) is 0 Å². The van der Waals surface area contributed by atoms with E-state index in [1.54, 1.807) is 0 Å².